The maximum atomic E-state index is 6.15. The molecule has 1 aliphatic carbocycles. The summed E-state index contributed by atoms with van der Waals surface area (Å²) in [7, 11) is 4.78. The standard InChI is InChI=1S/C21H27N3O3.HI/c1-25-18-12-11-15(19(26-2)20(18)27-3)13-23-21(22)24-17-10-6-8-14-7-4-5-9-16(14)17;/h6,8,10-12H,4-5,7,9,13H2,1-3H3,(H3,22,23,24);1H. The monoisotopic (exact) mass is 497 g/mol. The van der Waals surface area contributed by atoms with E-state index in [9.17, 15) is 0 Å². The molecule has 7 heteroatoms. The van der Waals surface area contributed by atoms with Gasteiger partial charge in [0, 0.05) is 11.3 Å². The maximum Gasteiger partial charge on any atom is 0.203 e. The molecular weight excluding hydrogens is 469 g/mol. The minimum absolute atomic E-state index is 0. The fourth-order valence-corrected chi connectivity index (χ4v) is 3.53. The van der Waals surface area contributed by atoms with Gasteiger partial charge < -0.3 is 25.3 Å². The van der Waals surface area contributed by atoms with Gasteiger partial charge in [0.05, 0.1) is 27.9 Å². The van der Waals surface area contributed by atoms with E-state index in [1.165, 1.54) is 24.0 Å². The molecule has 0 atom stereocenters. The molecule has 0 aliphatic heterocycles. The maximum absolute atomic E-state index is 6.15. The highest BCUT2D eigenvalue weighted by atomic mass is 127. The quantitative estimate of drug-likeness (QED) is 0.357. The lowest BCUT2D eigenvalue weighted by molar-refractivity contribution is 0.322. The number of nitrogens with one attached hydrogen (secondary N) is 1. The van der Waals surface area contributed by atoms with Crippen molar-refractivity contribution in [2.24, 2.45) is 10.7 Å². The molecule has 2 aromatic carbocycles. The number of rotatable bonds is 6. The van der Waals surface area contributed by atoms with Crippen LogP contribution in [0.4, 0.5) is 5.69 Å². The first kappa shape index (κ1) is 22.1. The Morgan fingerprint density at radius 3 is 2.46 bits per heavy atom. The molecule has 0 radical (unpaired) electrons. The molecule has 0 heterocycles. The number of methoxy groups -OCH3 is 3. The van der Waals surface area contributed by atoms with E-state index in [1.807, 2.05) is 12.1 Å². The zero-order valence-corrected chi connectivity index (χ0v) is 18.9. The Morgan fingerprint density at radius 2 is 1.75 bits per heavy atom. The average molecular weight is 497 g/mol. The van der Waals surface area contributed by atoms with Gasteiger partial charge in [-0.3, -0.25) is 0 Å². The second-order valence-corrected chi connectivity index (χ2v) is 6.47. The van der Waals surface area contributed by atoms with Gasteiger partial charge in [0.2, 0.25) is 5.75 Å². The van der Waals surface area contributed by atoms with Gasteiger partial charge in [-0.15, -0.1) is 24.0 Å². The van der Waals surface area contributed by atoms with Gasteiger partial charge in [-0.25, -0.2) is 4.99 Å². The Labute approximate surface area is 183 Å². The Morgan fingerprint density at radius 1 is 1.00 bits per heavy atom. The van der Waals surface area contributed by atoms with Crippen LogP contribution in [0.5, 0.6) is 17.2 Å². The molecule has 2 aromatic rings. The molecular formula is C21H28IN3O3. The molecule has 6 nitrogen and oxygen atoms in total. The van der Waals surface area contributed by atoms with Crippen molar-refractivity contribution in [1.82, 2.24) is 0 Å². The molecule has 0 spiro atoms. The van der Waals surface area contributed by atoms with Crippen LogP contribution in [0.15, 0.2) is 35.3 Å². The lowest BCUT2D eigenvalue weighted by Gasteiger charge is -2.20. The Kier molecular flexibility index (Phi) is 8.22. The number of aliphatic imine (C=N–C) groups is 1. The van der Waals surface area contributed by atoms with Gasteiger partial charge in [0.25, 0.3) is 0 Å². The number of hydrogen-bond acceptors (Lipinski definition) is 4. The molecule has 3 N–H and O–H groups in total. The van der Waals surface area contributed by atoms with Gasteiger partial charge in [-0.1, -0.05) is 12.1 Å². The van der Waals surface area contributed by atoms with Gasteiger partial charge >= 0.3 is 0 Å². The summed E-state index contributed by atoms with van der Waals surface area (Å²) in [4.78, 5) is 4.49. The number of fused-ring (bicyclic) bond motifs is 1. The van der Waals surface area contributed by atoms with E-state index < -0.39 is 0 Å². The number of hydrogen-bond donors (Lipinski definition) is 2. The van der Waals surface area contributed by atoms with Crippen molar-refractivity contribution in [3.63, 3.8) is 0 Å². The minimum Gasteiger partial charge on any atom is -0.493 e. The Bertz CT molecular complexity index is 840. The molecule has 0 unspecified atom stereocenters. The number of halogens is 1. The first-order valence-corrected chi connectivity index (χ1v) is 9.13. The summed E-state index contributed by atoms with van der Waals surface area (Å²) in [5.74, 6) is 2.15. The Balaban J connectivity index is 0.00000280. The number of benzene rings is 2. The number of ether oxygens (including phenoxy) is 3. The predicted molar refractivity (Wildman–Crippen MR) is 124 cm³/mol. The van der Waals surface area contributed by atoms with E-state index in [4.69, 9.17) is 19.9 Å². The zero-order valence-electron chi connectivity index (χ0n) is 16.6. The van der Waals surface area contributed by atoms with Crippen molar-refractivity contribution in [2.45, 2.75) is 32.2 Å². The fourth-order valence-electron chi connectivity index (χ4n) is 3.53. The van der Waals surface area contributed by atoms with Crippen LogP contribution in [0.1, 0.15) is 29.5 Å². The summed E-state index contributed by atoms with van der Waals surface area (Å²) in [5.41, 5.74) is 10.8. The van der Waals surface area contributed by atoms with E-state index in [1.54, 1.807) is 21.3 Å². The lowest BCUT2D eigenvalue weighted by Crippen LogP contribution is -2.24. The number of anilines is 1. The fraction of sp³-hybridized carbons (Fsp3) is 0.381. The highest BCUT2D eigenvalue weighted by molar-refractivity contribution is 14.0. The molecule has 3 rings (SSSR count). The van der Waals surface area contributed by atoms with Crippen LogP contribution in [-0.4, -0.2) is 27.3 Å². The summed E-state index contributed by atoms with van der Waals surface area (Å²) in [5, 5.41) is 3.26. The molecule has 0 saturated heterocycles. The smallest absolute Gasteiger partial charge is 0.203 e. The largest absolute Gasteiger partial charge is 0.493 e. The number of guanidine groups is 1. The number of nitrogens with zero attached hydrogens (tertiary/aromatic N) is 1. The van der Waals surface area contributed by atoms with Crippen molar-refractivity contribution in [2.75, 3.05) is 26.6 Å². The van der Waals surface area contributed by atoms with Crippen LogP contribution in [-0.2, 0) is 19.4 Å². The summed E-state index contributed by atoms with van der Waals surface area (Å²) in [6.07, 6.45) is 4.67. The molecule has 0 amide bonds. The zero-order chi connectivity index (χ0) is 19.2. The average Bonchev–Trinajstić information content (AvgIpc) is 2.71. The summed E-state index contributed by atoms with van der Waals surface area (Å²) >= 11 is 0. The van der Waals surface area contributed by atoms with Crippen LogP contribution in [0.3, 0.4) is 0 Å². The van der Waals surface area contributed by atoms with Crippen molar-refractivity contribution < 1.29 is 14.2 Å². The summed E-state index contributed by atoms with van der Waals surface area (Å²) in [6.45, 7) is 0.372. The molecule has 0 aromatic heterocycles. The van der Waals surface area contributed by atoms with Crippen LogP contribution in [0, 0.1) is 0 Å². The number of aryl methyl sites for hydroxylation is 1. The second-order valence-electron chi connectivity index (χ2n) is 6.47. The van der Waals surface area contributed by atoms with Crippen molar-refractivity contribution in [1.29, 1.82) is 0 Å². The highest BCUT2D eigenvalue weighted by Crippen LogP contribution is 2.40. The van der Waals surface area contributed by atoms with Gasteiger partial charge in [0.15, 0.2) is 17.5 Å². The highest BCUT2D eigenvalue weighted by Gasteiger charge is 2.16. The molecule has 0 bridgehead atoms. The molecule has 152 valence electrons. The molecule has 0 fully saturated rings. The number of nitrogens with two attached hydrogens (primary N) is 1. The molecule has 1 aliphatic rings. The summed E-state index contributed by atoms with van der Waals surface area (Å²) < 4.78 is 16.2. The molecule has 0 saturated carbocycles. The third kappa shape index (κ3) is 4.81. The molecule has 28 heavy (non-hydrogen) atoms. The van der Waals surface area contributed by atoms with Crippen LogP contribution in [0.2, 0.25) is 0 Å². The minimum atomic E-state index is 0. The van der Waals surface area contributed by atoms with Crippen molar-refractivity contribution >= 4 is 35.6 Å². The normalized spacial score (nSPS) is 13.2. The topological polar surface area (TPSA) is 78.1 Å². The Hall–Kier alpha value is -2.16. The SMILES string of the molecule is COc1ccc(CN=C(N)Nc2cccc3c2CCCC3)c(OC)c1OC.I. The third-order valence-corrected chi connectivity index (χ3v) is 4.86. The lowest BCUT2D eigenvalue weighted by atomic mass is 9.90. The second kappa shape index (κ2) is 10.4. The van der Waals surface area contributed by atoms with E-state index in [0.29, 0.717) is 29.8 Å². The van der Waals surface area contributed by atoms with Gasteiger partial charge in [-0.05, 0) is 55.0 Å². The van der Waals surface area contributed by atoms with Crippen molar-refractivity contribution in [3.05, 3.63) is 47.0 Å². The first-order chi connectivity index (χ1) is 13.2. The van der Waals surface area contributed by atoms with Gasteiger partial charge in [0.1, 0.15) is 0 Å². The van der Waals surface area contributed by atoms with E-state index in [2.05, 4.69) is 28.5 Å². The third-order valence-electron chi connectivity index (χ3n) is 4.86. The predicted octanol–water partition coefficient (Wildman–Crippen LogP) is 4.14. The van der Waals surface area contributed by atoms with Crippen LogP contribution < -0.4 is 25.3 Å². The van der Waals surface area contributed by atoms with Crippen LogP contribution in [0.25, 0.3) is 0 Å². The van der Waals surface area contributed by atoms with E-state index >= 15 is 0 Å². The van der Waals surface area contributed by atoms with E-state index in [-0.39, 0.29) is 24.0 Å². The van der Waals surface area contributed by atoms with Crippen molar-refractivity contribution in [3.8, 4) is 17.2 Å². The van der Waals surface area contributed by atoms with E-state index in [0.717, 1.165) is 24.1 Å². The van der Waals surface area contributed by atoms with Crippen LogP contribution >= 0.6 is 24.0 Å². The summed E-state index contributed by atoms with van der Waals surface area (Å²) in [6, 6.07) is 10.1. The first-order valence-electron chi connectivity index (χ1n) is 9.13. The van der Waals surface area contributed by atoms with Gasteiger partial charge in [-0.2, -0.15) is 0 Å².